The van der Waals surface area contributed by atoms with E-state index in [-0.39, 0.29) is 11.9 Å². The SMILES string of the molecule is CC(NC(=O)CCn1cncn1)c1ccccc1. The molecule has 94 valence electrons. The normalized spacial score (nSPS) is 12.1. The van der Waals surface area contributed by atoms with Gasteiger partial charge in [-0.25, -0.2) is 4.98 Å². The maximum Gasteiger partial charge on any atom is 0.222 e. The largest absolute Gasteiger partial charge is 0.350 e. The van der Waals surface area contributed by atoms with Gasteiger partial charge < -0.3 is 5.32 Å². The van der Waals surface area contributed by atoms with E-state index in [1.54, 1.807) is 11.0 Å². The van der Waals surface area contributed by atoms with Gasteiger partial charge >= 0.3 is 0 Å². The molecule has 0 saturated carbocycles. The molecular weight excluding hydrogens is 228 g/mol. The summed E-state index contributed by atoms with van der Waals surface area (Å²) in [5, 5.41) is 6.91. The number of nitrogens with zero attached hydrogens (tertiary/aromatic N) is 3. The summed E-state index contributed by atoms with van der Waals surface area (Å²) < 4.78 is 1.65. The molecule has 0 spiro atoms. The van der Waals surface area contributed by atoms with Crippen LogP contribution in [0.4, 0.5) is 0 Å². The van der Waals surface area contributed by atoms with Crippen molar-refractivity contribution in [3.8, 4) is 0 Å². The van der Waals surface area contributed by atoms with Crippen molar-refractivity contribution in [2.24, 2.45) is 0 Å². The summed E-state index contributed by atoms with van der Waals surface area (Å²) in [6, 6.07) is 9.92. The summed E-state index contributed by atoms with van der Waals surface area (Å²) in [6.07, 6.45) is 3.47. The Hall–Kier alpha value is -2.17. The number of carbonyl (C=O) groups excluding carboxylic acids is 1. The molecule has 0 aliphatic rings. The van der Waals surface area contributed by atoms with Crippen molar-refractivity contribution in [2.45, 2.75) is 25.9 Å². The van der Waals surface area contributed by atoms with Crippen molar-refractivity contribution in [3.63, 3.8) is 0 Å². The van der Waals surface area contributed by atoms with E-state index in [1.165, 1.54) is 6.33 Å². The van der Waals surface area contributed by atoms with E-state index < -0.39 is 0 Å². The number of rotatable bonds is 5. The summed E-state index contributed by atoms with van der Waals surface area (Å²) in [4.78, 5) is 15.6. The highest BCUT2D eigenvalue weighted by atomic mass is 16.1. The Labute approximate surface area is 106 Å². The van der Waals surface area contributed by atoms with E-state index in [1.807, 2.05) is 37.3 Å². The molecule has 0 bridgehead atoms. The number of hydrogen-bond acceptors (Lipinski definition) is 3. The zero-order valence-electron chi connectivity index (χ0n) is 10.3. The zero-order chi connectivity index (χ0) is 12.8. The molecule has 0 aliphatic heterocycles. The number of nitrogens with one attached hydrogen (secondary N) is 1. The van der Waals surface area contributed by atoms with Crippen LogP contribution in [-0.2, 0) is 11.3 Å². The molecule has 0 aliphatic carbocycles. The Balaban J connectivity index is 1.80. The summed E-state index contributed by atoms with van der Waals surface area (Å²) in [5.74, 6) is 0.0156. The lowest BCUT2D eigenvalue weighted by Crippen LogP contribution is -2.27. The molecular formula is C13H16N4O. The number of amides is 1. The van der Waals surface area contributed by atoms with Crippen LogP contribution in [-0.4, -0.2) is 20.7 Å². The van der Waals surface area contributed by atoms with Gasteiger partial charge in [-0.3, -0.25) is 9.48 Å². The van der Waals surface area contributed by atoms with Crippen LogP contribution in [0.15, 0.2) is 43.0 Å². The van der Waals surface area contributed by atoms with Gasteiger partial charge in [-0.15, -0.1) is 0 Å². The maximum absolute atomic E-state index is 11.7. The number of aryl methyl sites for hydroxylation is 1. The van der Waals surface area contributed by atoms with Crippen molar-refractivity contribution in [1.29, 1.82) is 0 Å². The van der Waals surface area contributed by atoms with Gasteiger partial charge in [0.25, 0.3) is 0 Å². The quantitative estimate of drug-likeness (QED) is 0.868. The monoisotopic (exact) mass is 244 g/mol. The molecule has 1 aromatic heterocycles. The van der Waals surface area contributed by atoms with Crippen molar-refractivity contribution in [3.05, 3.63) is 48.5 Å². The molecule has 2 rings (SSSR count). The van der Waals surface area contributed by atoms with E-state index in [0.29, 0.717) is 13.0 Å². The molecule has 18 heavy (non-hydrogen) atoms. The lowest BCUT2D eigenvalue weighted by Gasteiger charge is -2.14. The van der Waals surface area contributed by atoms with Crippen LogP contribution >= 0.6 is 0 Å². The molecule has 0 fully saturated rings. The minimum absolute atomic E-state index is 0.0156. The van der Waals surface area contributed by atoms with Crippen LogP contribution in [0.2, 0.25) is 0 Å². The second-order valence-electron chi connectivity index (χ2n) is 4.11. The average molecular weight is 244 g/mol. The molecule has 1 N–H and O–H groups in total. The van der Waals surface area contributed by atoms with E-state index in [0.717, 1.165) is 5.56 Å². The molecule has 1 unspecified atom stereocenters. The van der Waals surface area contributed by atoms with Crippen LogP contribution in [0, 0.1) is 0 Å². The fourth-order valence-corrected chi connectivity index (χ4v) is 1.70. The first-order valence-corrected chi connectivity index (χ1v) is 5.92. The first kappa shape index (κ1) is 12.3. The molecule has 2 aromatic rings. The molecule has 1 atom stereocenters. The van der Waals surface area contributed by atoms with Crippen LogP contribution < -0.4 is 5.32 Å². The van der Waals surface area contributed by atoms with E-state index in [4.69, 9.17) is 0 Å². The summed E-state index contributed by atoms with van der Waals surface area (Å²) in [6.45, 7) is 2.52. The average Bonchev–Trinajstić information content (AvgIpc) is 2.90. The van der Waals surface area contributed by atoms with Gasteiger partial charge in [-0.2, -0.15) is 5.10 Å². The fraction of sp³-hybridized carbons (Fsp3) is 0.308. The van der Waals surface area contributed by atoms with Crippen LogP contribution in [0.25, 0.3) is 0 Å². The number of benzene rings is 1. The Morgan fingerprint density at radius 1 is 1.39 bits per heavy atom. The second-order valence-corrected chi connectivity index (χ2v) is 4.11. The molecule has 1 aromatic carbocycles. The molecule has 1 amide bonds. The molecule has 5 nitrogen and oxygen atoms in total. The van der Waals surface area contributed by atoms with Gasteiger partial charge in [0, 0.05) is 6.42 Å². The van der Waals surface area contributed by atoms with Crippen molar-refractivity contribution in [1.82, 2.24) is 20.1 Å². The minimum Gasteiger partial charge on any atom is -0.350 e. The van der Waals surface area contributed by atoms with Crippen molar-refractivity contribution in [2.75, 3.05) is 0 Å². The first-order chi connectivity index (χ1) is 8.75. The second kappa shape index (κ2) is 5.95. The Kier molecular flexibility index (Phi) is 4.06. The highest BCUT2D eigenvalue weighted by Crippen LogP contribution is 2.11. The first-order valence-electron chi connectivity index (χ1n) is 5.92. The minimum atomic E-state index is 0.0156. The predicted molar refractivity (Wildman–Crippen MR) is 67.6 cm³/mol. The number of hydrogen-bond donors (Lipinski definition) is 1. The number of carbonyl (C=O) groups is 1. The third-order valence-corrected chi connectivity index (χ3v) is 2.71. The van der Waals surface area contributed by atoms with Gasteiger partial charge in [0.05, 0.1) is 12.6 Å². The zero-order valence-corrected chi connectivity index (χ0v) is 10.3. The van der Waals surface area contributed by atoms with Gasteiger partial charge in [0.2, 0.25) is 5.91 Å². The standard InChI is InChI=1S/C13H16N4O/c1-11(12-5-3-2-4-6-12)16-13(18)7-8-17-10-14-9-15-17/h2-6,9-11H,7-8H2,1H3,(H,16,18). The fourth-order valence-electron chi connectivity index (χ4n) is 1.70. The van der Waals surface area contributed by atoms with E-state index in [2.05, 4.69) is 15.4 Å². The van der Waals surface area contributed by atoms with Gasteiger partial charge in [-0.1, -0.05) is 30.3 Å². The Morgan fingerprint density at radius 2 is 2.17 bits per heavy atom. The Morgan fingerprint density at radius 3 is 2.83 bits per heavy atom. The molecule has 5 heteroatoms. The van der Waals surface area contributed by atoms with Gasteiger partial charge in [0.1, 0.15) is 12.7 Å². The summed E-state index contributed by atoms with van der Waals surface area (Å²) in [5.41, 5.74) is 1.10. The van der Waals surface area contributed by atoms with Crippen molar-refractivity contribution >= 4 is 5.91 Å². The lowest BCUT2D eigenvalue weighted by molar-refractivity contribution is -0.122. The third-order valence-electron chi connectivity index (χ3n) is 2.71. The van der Waals surface area contributed by atoms with Crippen LogP contribution in [0.3, 0.4) is 0 Å². The van der Waals surface area contributed by atoms with Crippen molar-refractivity contribution < 1.29 is 4.79 Å². The topological polar surface area (TPSA) is 59.8 Å². The highest BCUT2D eigenvalue weighted by Gasteiger charge is 2.08. The van der Waals surface area contributed by atoms with E-state index >= 15 is 0 Å². The van der Waals surface area contributed by atoms with Crippen LogP contribution in [0.5, 0.6) is 0 Å². The number of aromatic nitrogens is 3. The van der Waals surface area contributed by atoms with E-state index in [9.17, 15) is 4.79 Å². The maximum atomic E-state index is 11.7. The lowest BCUT2D eigenvalue weighted by atomic mass is 10.1. The third kappa shape index (κ3) is 3.41. The summed E-state index contributed by atoms with van der Waals surface area (Å²) >= 11 is 0. The summed E-state index contributed by atoms with van der Waals surface area (Å²) in [7, 11) is 0. The highest BCUT2D eigenvalue weighted by molar-refractivity contribution is 5.76. The van der Waals surface area contributed by atoms with Gasteiger partial charge in [-0.05, 0) is 12.5 Å². The molecule has 0 radical (unpaired) electrons. The predicted octanol–water partition coefficient (Wildman–Crippen LogP) is 1.55. The molecule has 0 saturated heterocycles. The smallest absolute Gasteiger partial charge is 0.222 e. The van der Waals surface area contributed by atoms with Gasteiger partial charge in [0.15, 0.2) is 0 Å². The Bertz CT molecular complexity index is 481. The van der Waals surface area contributed by atoms with Crippen LogP contribution in [0.1, 0.15) is 24.9 Å². The molecule has 1 heterocycles.